The van der Waals surface area contributed by atoms with Crippen molar-refractivity contribution >= 4 is 31.9 Å². The average Bonchev–Trinajstić information content (AvgIpc) is 2.17. The van der Waals surface area contributed by atoms with Crippen LogP contribution in [-0.4, -0.2) is 21.6 Å². The molecule has 84 valence electrons. The minimum Gasteiger partial charge on any atom is -0.390 e. The highest BCUT2D eigenvalue weighted by Crippen LogP contribution is 2.25. The van der Waals surface area contributed by atoms with Gasteiger partial charge in [0, 0.05) is 9.80 Å². The normalized spacial score (nSPS) is 15.0. The number of aliphatic hydroxyl groups excluding tert-OH is 2. The molecule has 0 saturated carbocycles. The van der Waals surface area contributed by atoms with E-state index in [1.54, 1.807) is 0 Å². The van der Waals surface area contributed by atoms with Crippen LogP contribution in [0.5, 0.6) is 0 Å². The summed E-state index contributed by atoms with van der Waals surface area (Å²) in [6.45, 7) is 1.92. The van der Waals surface area contributed by atoms with E-state index in [9.17, 15) is 10.2 Å². The molecule has 1 rings (SSSR count). The second-order valence-electron chi connectivity index (χ2n) is 3.49. The third-order valence-electron chi connectivity index (χ3n) is 2.32. The molecule has 1 aromatic carbocycles. The Morgan fingerprint density at radius 2 is 2.00 bits per heavy atom. The van der Waals surface area contributed by atoms with E-state index in [2.05, 4.69) is 31.9 Å². The first kappa shape index (κ1) is 13.2. The Balaban J connectivity index is 2.86. The Hall–Kier alpha value is 0.100. The van der Waals surface area contributed by atoms with E-state index < -0.39 is 12.2 Å². The van der Waals surface area contributed by atoms with Crippen molar-refractivity contribution in [2.24, 2.45) is 0 Å². The summed E-state index contributed by atoms with van der Waals surface area (Å²) in [5, 5.41) is 20.3. The fraction of sp³-hybridized carbons (Fsp3) is 0.455. The SMILES string of the molecule is Cc1cc(Br)ccc1C(O)C(O)CCBr. The molecule has 2 unspecified atom stereocenters. The molecule has 0 aromatic heterocycles. The van der Waals surface area contributed by atoms with Gasteiger partial charge in [-0.15, -0.1) is 0 Å². The fourth-order valence-corrected chi connectivity index (χ4v) is 2.39. The molecule has 0 spiro atoms. The third kappa shape index (κ3) is 3.55. The second kappa shape index (κ2) is 5.99. The van der Waals surface area contributed by atoms with Crippen LogP contribution in [0.25, 0.3) is 0 Å². The number of hydrogen-bond acceptors (Lipinski definition) is 2. The predicted molar refractivity (Wildman–Crippen MR) is 68.3 cm³/mol. The number of halogens is 2. The predicted octanol–water partition coefficient (Wildman–Crippen LogP) is 2.94. The Labute approximate surface area is 107 Å². The van der Waals surface area contributed by atoms with Gasteiger partial charge in [0.25, 0.3) is 0 Å². The van der Waals surface area contributed by atoms with Crippen LogP contribution in [0.1, 0.15) is 23.7 Å². The summed E-state index contributed by atoms with van der Waals surface area (Å²) < 4.78 is 0.978. The summed E-state index contributed by atoms with van der Waals surface area (Å²) in [7, 11) is 0. The smallest absolute Gasteiger partial charge is 0.105 e. The second-order valence-corrected chi connectivity index (χ2v) is 5.20. The van der Waals surface area contributed by atoms with Gasteiger partial charge in [-0.05, 0) is 36.6 Å². The van der Waals surface area contributed by atoms with Gasteiger partial charge in [-0.2, -0.15) is 0 Å². The Bertz CT molecular complexity index is 328. The zero-order valence-corrected chi connectivity index (χ0v) is 11.6. The van der Waals surface area contributed by atoms with Crippen LogP contribution < -0.4 is 0 Å². The van der Waals surface area contributed by atoms with Gasteiger partial charge in [0.2, 0.25) is 0 Å². The lowest BCUT2D eigenvalue weighted by Crippen LogP contribution is -2.19. The summed E-state index contributed by atoms with van der Waals surface area (Å²) >= 11 is 6.60. The summed E-state index contributed by atoms with van der Waals surface area (Å²) in [6.07, 6.45) is -0.990. The molecule has 0 fully saturated rings. The molecule has 0 radical (unpaired) electrons. The molecule has 15 heavy (non-hydrogen) atoms. The molecule has 0 aliphatic rings. The molecule has 0 bridgehead atoms. The van der Waals surface area contributed by atoms with E-state index in [4.69, 9.17) is 0 Å². The molecule has 0 heterocycles. The Morgan fingerprint density at radius 3 is 2.53 bits per heavy atom. The molecular formula is C11H14Br2O2. The Kier molecular flexibility index (Phi) is 5.26. The van der Waals surface area contributed by atoms with E-state index in [1.807, 2.05) is 25.1 Å². The van der Waals surface area contributed by atoms with Crippen molar-refractivity contribution < 1.29 is 10.2 Å². The topological polar surface area (TPSA) is 40.5 Å². The Morgan fingerprint density at radius 1 is 1.33 bits per heavy atom. The highest BCUT2D eigenvalue weighted by atomic mass is 79.9. The van der Waals surface area contributed by atoms with E-state index in [1.165, 1.54) is 0 Å². The van der Waals surface area contributed by atoms with Gasteiger partial charge in [0.05, 0.1) is 6.10 Å². The standard InChI is InChI=1S/C11H14Br2O2/c1-7-6-8(13)2-3-9(7)11(15)10(14)4-5-12/h2-3,6,10-11,14-15H,4-5H2,1H3. The highest BCUT2D eigenvalue weighted by molar-refractivity contribution is 9.10. The van der Waals surface area contributed by atoms with Crippen LogP contribution in [-0.2, 0) is 0 Å². The van der Waals surface area contributed by atoms with Gasteiger partial charge in [-0.1, -0.05) is 37.9 Å². The first-order chi connectivity index (χ1) is 7.06. The largest absolute Gasteiger partial charge is 0.390 e. The van der Waals surface area contributed by atoms with E-state index in [-0.39, 0.29) is 0 Å². The number of aliphatic hydroxyl groups is 2. The third-order valence-corrected chi connectivity index (χ3v) is 3.27. The molecule has 2 atom stereocenters. The first-order valence-electron chi connectivity index (χ1n) is 4.74. The van der Waals surface area contributed by atoms with Crippen LogP contribution in [0, 0.1) is 6.92 Å². The number of alkyl halides is 1. The number of aryl methyl sites for hydroxylation is 1. The zero-order valence-electron chi connectivity index (χ0n) is 8.45. The van der Waals surface area contributed by atoms with Gasteiger partial charge in [-0.3, -0.25) is 0 Å². The van der Waals surface area contributed by atoms with Gasteiger partial charge < -0.3 is 10.2 Å². The summed E-state index contributed by atoms with van der Waals surface area (Å²) in [6, 6.07) is 5.63. The molecule has 1 aromatic rings. The molecule has 0 amide bonds. The quantitative estimate of drug-likeness (QED) is 0.829. The van der Waals surface area contributed by atoms with Gasteiger partial charge in [0.15, 0.2) is 0 Å². The number of rotatable bonds is 4. The molecule has 2 N–H and O–H groups in total. The minimum absolute atomic E-state index is 0.538. The van der Waals surface area contributed by atoms with Crippen molar-refractivity contribution in [1.82, 2.24) is 0 Å². The lowest BCUT2D eigenvalue weighted by Gasteiger charge is -2.19. The van der Waals surface area contributed by atoms with E-state index >= 15 is 0 Å². The molecule has 0 saturated heterocycles. The van der Waals surface area contributed by atoms with Crippen LogP contribution in [0.2, 0.25) is 0 Å². The van der Waals surface area contributed by atoms with Crippen LogP contribution in [0.15, 0.2) is 22.7 Å². The molecule has 0 aliphatic carbocycles. The van der Waals surface area contributed by atoms with Crippen molar-refractivity contribution in [3.63, 3.8) is 0 Å². The van der Waals surface area contributed by atoms with E-state index in [0.717, 1.165) is 15.6 Å². The van der Waals surface area contributed by atoms with Crippen molar-refractivity contribution in [2.45, 2.75) is 25.6 Å². The number of benzene rings is 1. The summed E-state index contributed by atoms with van der Waals surface area (Å²) in [4.78, 5) is 0. The monoisotopic (exact) mass is 336 g/mol. The van der Waals surface area contributed by atoms with Crippen LogP contribution in [0.4, 0.5) is 0 Å². The zero-order chi connectivity index (χ0) is 11.4. The lowest BCUT2D eigenvalue weighted by atomic mass is 9.98. The van der Waals surface area contributed by atoms with Crippen molar-refractivity contribution in [1.29, 1.82) is 0 Å². The van der Waals surface area contributed by atoms with Gasteiger partial charge in [0.1, 0.15) is 6.10 Å². The van der Waals surface area contributed by atoms with Crippen molar-refractivity contribution in [2.75, 3.05) is 5.33 Å². The molecule has 2 nitrogen and oxygen atoms in total. The van der Waals surface area contributed by atoms with Gasteiger partial charge in [-0.25, -0.2) is 0 Å². The molecule has 4 heteroatoms. The molecular weight excluding hydrogens is 324 g/mol. The highest BCUT2D eigenvalue weighted by Gasteiger charge is 2.19. The van der Waals surface area contributed by atoms with E-state index in [0.29, 0.717) is 11.8 Å². The van der Waals surface area contributed by atoms with Crippen LogP contribution in [0.3, 0.4) is 0 Å². The number of hydrogen-bond donors (Lipinski definition) is 2. The summed E-state index contributed by atoms with van der Waals surface area (Å²) in [5.41, 5.74) is 1.76. The van der Waals surface area contributed by atoms with Crippen molar-refractivity contribution in [3.8, 4) is 0 Å². The average molecular weight is 338 g/mol. The van der Waals surface area contributed by atoms with Crippen molar-refractivity contribution in [3.05, 3.63) is 33.8 Å². The maximum atomic E-state index is 9.91. The molecule has 0 aliphatic heterocycles. The maximum absolute atomic E-state index is 9.91. The maximum Gasteiger partial charge on any atom is 0.105 e. The lowest BCUT2D eigenvalue weighted by molar-refractivity contribution is 0.0170. The first-order valence-corrected chi connectivity index (χ1v) is 6.66. The summed E-state index contributed by atoms with van der Waals surface area (Å²) in [5.74, 6) is 0. The van der Waals surface area contributed by atoms with Crippen LogP contribution >= 0.6 is 31.9 Å². The minimum atomic E-state index is -0.810. The fourth-order valence-electron chi connectivity index (χ4n) is 1.45. The van der Waals surface area contributed by atoms with Gasteiger partial charge >= 0.3 is 0 Å².